The quantitative estimate of drug-likeness (QED) is 0.565. The third kappa shape index (κ3) is 4.48. The summed E-state index contributed by atoms with van der Waals surface area (Å²) in [5, 5.41) is 3.02. The molecule has 6 nitrogen and oxygen atoms in total. The van der Waals surface area contributed by atoms with E-state index < -0.39 is 11.7 Å². The molecule has 16 heavy (non-hydrogen) atoms. The van der Waals surface area contributed by atoms with Gasteiger partial charge in [-0.25, -0.2) is 10.2 Å². The van der Waals surface area contributed by atoms with E-state index in [1.54, 1.807) is 20.8 Å². The number of rotatable bonds is 1. The van der Waals surface area contributed by atoms with Crippen molar-refractivity contribution in [3.05, 3.63) is 0 Å². The van der Waals surface area contributed by atoms with Crippen LogP contribution in [0.2, 0.25) is 0 Å². The van der Waals surface area contributed by atoms with Gasteiger partial charge in [-0.1, -0.05) is 0 Å². The van der Waals surface area contributed by atoms with E-state index in [0.717, 1.165) is 19.4 Å². The fourth-order valence-electron chi connectivity index (χ4n) is 1.41. The van der Waals surface area contributed by atoms with E-state index in [2.05, 4.69) is 16.2 Å². The summed E-state index contributed by atoms with van der Waals surface area (Å²) in [6.07, 6.45) is 1.12. The SMILES string of the molecule is CC(C)(C)OC(=O)NNC(=O)[C@@H]1CCCN1. The molecule has 0 aromatic rings. The summed E-state index contributed by atoms with van der Waals surface area (Å²) in [5.41, 5.74) is 3.97. The van der Waals surface area contributed by atoms with Gasteiger partial charge in [0.05, 0.1) is 6.04 Å². The molecule has 1 rings (SSSR count). The fraction of sp³-hybridized carbons (Fsp3) is 0.800. The second-order valence-corrected chi connectivity index (χ2v) is 4.77. The highest BCUT2D eigenvalue weighted by molar-refractivity contribution is 5.83. The average Bonchev–Trinajstić information content (AvgIpc) is 2.64. The first-order valence-electron chi connectivity index (χ1n) is 5.41. The summed E-state index contributed by atoms with van der Waals surface area (Å²) in [7, 11) is 0. The lowest BCUT2D eigenvalue weighted by Crippen LogP contribution is -2.50. The Morgan fingerprint density at radius 1 is 1.31 bits per heavy atom. The van der Waals surface area contributed by atoms with Crippen LogP contribution in [0, 0.1) is 0 Å². The zero-order valence-electron chi connectivity index (χ0n) is 9.92. The summed E-state index contributed by atoms with van der Waals surface area (Å²) in [5.74, 6) is -0.233. The molecule has 1 heterocycles. The number of carbonyl (C=O) groups excluding carboxylic acids is 2. The number of nitrogens with one attached hydrogen (secondary N) is 3. The highest BCUT2D eigenvalue weighted by Gasteiger charge is 2.23. The number of ether oxygens (including phenoxy) is 1. The molecule has 6 heteroatoms. The van der Waals surface area contributed by atoms with Crippen LogP contribution in [0.1, 0.15) is 33.6 Å². The molecule has 0 aromatic heterocycles. The first-order valence-corrected chi connectivity index (χ1v) is 5.41. The minimum atomic E-state index is -0.654. The van der Waals surface area contributed by atoms with Crippen molar-refractivity contribution in [2.24, 2.45) is 0 Å². The minimum Gasteiger partial charge on any atom is -0.443 e. The van der Waals surface area contributed by atoms with Crippen LogP contribution in [0.3, 0.4) is 0 Å². The highest BCUT2D eigenvalue weighted by atomic mass is 16.6. The lowest BCUT2D eigenvalue weighted by atomic mass is 10.2. The van der Waals surface area contributed by atoms with Crippen molar-refractivity contribution in [2.75, 3.05) is 6.54 Å². The maximum atomic E-state index is 11.5. The maximum Gasteiger partial charge on any atom is 0.426 e. The predicted octanol–water partition coefficient (Wildman–Crippen LogP) is 0.294. The molecule has 1 aliphatic heterocycles. The van der Waals surface area contributed by atoms with Crippen LogP contribution < -0.4 is 16.2 Å². The van der Waals surface area contributed by atoms with Crippen LogP contribution in [0.15, 0.2) is 0 Å². The van der Waals surface area contributed by atoms with Crippen molar-refractivity contribution in [1.29, 1.82) is 0 Å². The molecule has 1 aliphatic rings. The average molecular weight is 229 g/mol. The Bertz CT molecular complexity index is 267. The number of hydrazine groups is 1. The van der Waals surface area contributed by atoms with Crippen LogP contribution in [-0.2, 0) is 9.53 Å². The third-order valence-electron chi connectivity index (χ3n) is 2.06. The molecular weight excluding hydrogens is 210 g/mol. The van der Waals surface area contributed by atoms with Gasteiger partial charge in [-0.05, 0) is 40.2 Å². The maximum absolute atomic E-state index is 11.5. The van der Waals surface area contributed by atoms with Crippen molar-refractivity contribution in [3.63, 3.8) is 0 Å². The molecule has 0 saturated carbocycles. The van der Waals surface area contributed by atoms with Gasteiger partial charge in [0.15, 0.2) is 0 Å². The topological polar surface area (TPSA) is 79.5 Å². The van der Waals surface area contributed by atoms with Crippen LogP contribution in [-0.4, -0.2) is 30.2 Å². The lowest BCUT2D eigenvalue weighted by Gasteiger charge is -2.20. The Morgan fingerprint density at radius 2 is 2.00 bits per heavy atom. The van der Waals surface area contributed by atoms with Crippen molar-refractivity contribution in [2.45, 2.75) is 45.3 Å². The van der Waals surface area contributed by atoms with Gasteiger partial charge in [0.25, 0.3) is 5.91 Å². The fourth-order valence-corrected chi connectivity index (χ4v) is 1.41. The van der Waals surface area contributed by atoms with Gasteiger partial charge in [0.2, 0.25) is 0 Å². The van der Waals surface area contributed by atoms with E-state index in [0.29, 0.717) is 0 Å². The second kappa shape index (κ2) is 5.16. The highest BCUT2D eigenvalue weighted by Crippen LogP contribution is 2.06. The van der Waals surface area contributed by atoms with E-state index in [9.17, 15) is 9.59 Å². The van der Waals surface area contributed by atoms with Gasteiger partial charge in [0.1, 0.15) is 5.60 Å². The molecular formula is C10H19N3O3. The minimum absolute atomic E-state index is 0.213. The number of hydrogen-bond donors (Lipinski definition) is 3. The monoisotopic (exact) mass is 229 g/mol. The number of hydrogen-bond acceptors (Lipinski definition) is 4. The Balaban J connectivity index is 2.23. The van der Waals surface area contributed by atoms with E-state index >= 15 is 0 Å². The predicted molar refractivity (Wildman–Crippen MR) is 58.5 cm³/mol. The van der Waals surface area contributed by atoms with Gasteiger partial charge in [-0.15, -0.1) is 0 Å². The number of amides is 2. The van der Waals surface area contributed by atoms with Gasteiger partial charge < -0.3 is 10.1 Å². The second-order valence-electron chi connectivity index (χ2n) is 4.77. The summed E-state index contributed by atoms with van der Waals surface area (Å²) < 4.78 is 4.97. The summed E-state index contributed by atoms with van der Waals surface area (Å²) in [6, 6.07) is -0.213. The molecule has 1 atom stereocenters. The molecule has 3 N–H and O–H groups in total. The summed E-state index contributed by atoms with van der Waals surface area (Å²) in [4.78, 5) is 22.7. The molecule has 0 bridgehead atoms. The van der Waals surface area contributed by atoms with Gasteiger partial charge in [0, 0.05) is 0 Å². The van der Waals surface area contributed by atoms with Crippen molar-refractivity contribution in [1.82, 2.24) is 16.2 Å². The van der Waals surface area contributed by atoms with E-state index in [1.165, 1.54) is 0 Å². The van der Waals surface area contributed by atoms with Crippen LogP contribution >= 0.6 is 0 Å². The zero-order chi connectivity index (χ0) is 12.2. The molecule has 0 aromatic carbocycles. The van der Waals surface area contributed by atoms with E-state index in [-0.39, 0.29) is 11.9 Å². The van der Waals surface area contributed by atoms with Crippen molar-refractivity contribution >= 4 is 12.0 Å². The van der Waals surface area contributed by atoms with Gasteiger partial charge in [-0.3, -0.25) is 10.2 Å². The Kier molecular flexibility index (Phi) is 4.12. The summed E-state index contributed by atoms with van der Waals surface area (Å²) >= 11 is 0. The third-order valence-corrected chi connectivity index (χ3v) is 2.06. The molecule has 1 saturated heterocycles. The molecule has 0 aliphatic carbocycles. The Hall–Kier alpha value is -1.30. The molecule has 0 radical (unpaired) electrons. The van der Waals surface area contributed by atoms with Crippen molar-refractivity contribution in [3.8, 4) is 0 Å². The number of carbonyl (C=O) groups is 2. The molecule has 2 amide bonds. The largest absolute Gasteiger partial charge is 0.443 e. The van der Waals surface area contributed by atoms with E-state index in [1.807, 2.05) is 0 Å². The lowest BCUT2D eigenvalue weighted by molar-refractivity contribution is -0.123. The standard InChI is InChI=1S/C10H19N3O3/c1-10(2,3)16-9(15)13-12-8(14)7-5-4-6-11-7/h7,11H,4-6H2,1-3H3,(H,12,14)(H,13,15)/t7-/m0/s1. The zero-order valence-corrected chi connectivity index (χ0v) is 9.92. The summed E-state index contributed by atoms with van der Waals surface area (Å²) in [6.45, 7) is 6.11. The molecule has 1 fully saturated rings. The molecule has 0 spiro atoms. The van der Waals surface area contributed by atoms with Crippen LogP contribution in [0.5, 0.6) is 0 Å². The van der Waals surface area contributed by atoms with E-state index in [4.69, 9.17) is 4.74 Å². The van der Waals surface area contributed by atoms with Crippen LogP contribution in [0.4, 0.5) is 4.79 Å². The smallest absolute Gasteiger partial charge is 0.426 e. The van der Waals surface area contributed by atoms with Gasteiger partial charge >= 0.3 is 6.09 Å². The van der Waals surface area contributed by atoms with Gasteiger partial charge in [-0.2, -0.15) is 0 Å². The Labute approximate surface area is 95.1 Å². The van der Waals surface area contributed by atoms with Crippen molar-refractivity contribution < 1.29 is 14.3 Å². The molecule has 0 unspecified atom stereocenters. The normalized spacial score (nSPS) is 20.3. The molecule has 92 valence electrons. The van der Waals surface area contributed by atoms with Crippen LogP contribution in [0.25, 0.3) is 0 Å². The first-order chi connectivity index (χ1) is 7.38. The first kappa shape index (κ1) is 12.8. The Morgan fingerprint density at radius 3 is 2.50 bits per heavy atom.